The molecule has 4 rings (SSSR count). The van der Waals surface area contributed by atoms with Gasteiger partial charge in [0, 0.05) is 18.0 Å². The van der Waals surface area contributed by atoms with Gasteiger partial charge in [0.1, 0.15) is 11.9 Å². The molecule has 0 unspecified atom stereocenters. The summed E-state index contributed by atoms with van der Waals surface area (Å²) >= 11 is 12.0. The Morgan fingerprint density at radius 1 is 1.16 bits per heavy atom. The third-order valence-electron chi connectivity index (χ3n) is 4.61. The first-order chi connectivity index (χ1) is 11.5. The summed E-state index contributed by atoms with van der Waals surface area (Å²) in [5.41, 5.74) is 1.08. The fourth-order valence-corrected chi connectivity index (χ4v) is 5.41. The van der Waals surface area contributed by atoms with Gasteiger partial charge in [0.05, 0.1) is 19.8 Å². The molecule has 0 radical (unpaired) electrons. The van der Waals surface area contributed by atoms with E-state index in [0.29, 0.717) is 11.7 Å². The molecule has 25 heavy (non-hydrogen) atoms. The van der Waals surface area contributed by atoms with Crippen LogP contribution in [0, 0.1) is 0 Å². The molecule has 0 aromatic heterocycles. The molecule has 0 aliphatic carbocycles. The molecule has 1 N–H and O–H groups in total. The monoisotopic (exact) mass is 419 g/mol. The summed E-state index contributed by atoms with van der Waals surface area (Å²) in [7, 11) is -3.76. The molecule has 2 atom stereocenters. The van der Waals surface area contributed by atoms with Crippen LogP contribution in [0.3, 0.4) is 0 Å². The van der Waals surface area contributed by atoms with Crippen LogP contribution in [0.5, 0.6) is 5.75 Å². The fraction of sp³-hybridized carbons (Fsp3) is 0.294. The Hall–Kier alpha value is -0.980. The van der Waals surface area contributed by atoms with Crippen LogP contribution < -0.4 is 10.1 Å². The summed E-state index contributed by atoms with van der Waals surface area (Å²) in [4.78, 5) is 0.172. The molecule has 0 bridgehead atoms. The van der Waals surface area contributed by atoms with Crippen LogP contribution in [0.1, 0.15) is 17.9 Å². The van der Waals surface area contributed by atoms with Gasteiger partial charge in [0.15, 0.2) is 0 Å². The topological polar surface area (TPSA) is 55.4 Å². The molecule has 2 aliphatic rings. The number of ether oxygens (including phenoxy) is 1. The van der Waals surface area contributed by atoms with Crippen molar-refractivity contribution in [1.29, 1.82) is 0 Å². The van der Waals surface area contributed by atoms with Crippen molar-refractivity contribution >= 4 is 45.4 Å². The SMILES string of the molecule is Cl.O=S(=O)(c1ccc2c(c1)O[C@H]1CNCC[C@@H]21)c1cccc(Cl)c1Cl. The number of sulfone groups is 1. The maximum atomic E-state index is 12.9. The fourth-order valence-electron chi connectivity index (χ4n) is 3.38. The molecule has 0 saturated carbocycles. The number of fused-ring (bicyclic) bond motifs is 3. The number of halogens is 3. The Morgan fingerprint density at radius 2 is 1.96 bits per heavy atom. The summed E-state index contributed by atoms with van der Waals surface area (Å²) in [6.07, 6.45) is 1.06. The van der Waals surface area contributed by atoms with Crippen molar-refractivity contribution in [2.75, 3.05) is 13.1 Å². The van der Waals surface area contributed by atoms with Gasteiger partial charge in [0.2, 0.25) is 9.84 Å². The maximum absolute atomic E-state index is 12.9. The molecule has 4 nitrogen and oxygen atoms in total. The van der Waals surface area contributed by atoms with Crippen LogP contribution >= 0.6 is 35.6 Å². The Morgan fingerprint density at radius 3 is 2.76 bits per heavy atom. The molecule has 2 aromatic rings. The second-order valence-corrected chi connectivity index (χ2v) is 8.71. The summed E-state index contributed by atoms with van der Waals surface area (Å²) in [5, 5.41) is 3.56. The van der Waals surface area contributed by atoms with E-state index >= 15 is 0 Å². The van der Waals surface area contributed by atoms with E-state index in [1.807, 2.05) is 6.07 Å². The lowest BCUT2D eigenvalue weighted by Crippen LogP contribution is -2.39. The van der Waals surface area contributed by atoms with Crippen LogP contribution in [-0.2, 0) is 9.84 Å². The Labute approximate surface area is 162 Å². The summed E-state index contributed by atoms with van der Waals surface area (Å²) in [5.74, 6) is 0.973. The average molecular weight is 421 g/mol. The lowest BCUT2D eigenvalue weighted by molar-refractivity contribution is 0.176. The molecule has 1 fully saturated rings. The molecule has 134 valence electrons. The van der Waals surface area contributed by atoms with Crippen LogP contribution in [-0.4, -0.2) is 27.6 Å². The zero-order chi connectivity index (χ0) is 16.9. The molecule has 2 heterocycles. The summed E-state index contributed by atoms with van der Waals surface area (Å²) < 4.78 is 31.8. The van der Waals surface area contributed by atoms with Crippen molar-refractivity contribution in [2.24, 2.45) is 0 Å². The van der Waals surface area contributed by atoms with Crippen molar-refractivity contribution in [3.8, 4) is 5.75 Å². The zero-order valence-corrected chi connectivity index (χ0v) is 16.2. The van der Waals surface area contributed by atoms with Crippen molar-refractivity contribution in [3.05, 3.63) is 52.0 Å². The molecule has 2 aromatic carbocycles. The molecule has 8 heteroatoms. The predicted molar refractivity (Wildman–Crippen MR) is 100 cm³/mol. The maximum Gasteiger partial charge on any atom is 0.208 e. The van der Waals surface area contributed by atoms with Gasteiger partial charge in [-0.2, -0.15) is 0 Å². The van der Waals surface area contributed by atoms with Gasteiger partial charge in [-0.3, -0.25) is 0 Å². The van der Waals surface area contributed by atoms with E-state index in [2.05, 4.69) is 5.32 Å². The molecule has 0 amide bonds. The van der Waals surface area contributed by atoms with Crippen molar-refractivity contribution in [2.45, 2.75) is 28.2 Å². The van der Waals surface area contributed by atoms with Gasteiger partial charge in [-0.1, -0.05) is 35.3 Å². The smallest absolute Gasteiger partial charge is 0.208 e. The highest BCUT2D eigenvalue weighted by Crippen LogP contribution is 2.43. The second kappa shape index (κ2) is 6.97. The largest absolute Gasteiger partial charge is 0.488 e. The van der Waals surface area contributed by atoms with Gasteiger partial charge in [0.25, 0.3) is 0 Å². The van der Waals surface area contributed by atoms with Crippen LogP contribution in [0.15, 0.2) is 46.2 Å². The first-order valence-electron chi connectivity index (χ1n) is 7.69. The Balaban J connectivity index is 0.00000182. The molecular weight excluding hydrogens is 405 g/mol. The standard InChI is InChI=1S/C17H15Cl2NO3S.ClH/c18-13-2-1-3-16(17(13)19)24(21,22)10-4-5-11-12-6-7-20-9-15(12)23-14(11)8-10;/h1-5,8,12,15,20H,6-7,9H2;1H/t12-,15-;/m0./s1. The van der Waals surface area contributed by atoms with Gasteiger partial charge in [-0.05, 0) is 37.2 Å². The number of rotatable bonds is 2. The van der Waals surface area contributed by atoms with E-state index in [1.54, 1.807) is 24.3 Å². The van der Waals surface area contributed by atoms with E-state index in [0.717, 1.165) is 25.1 Å². The highest BCUT2D eigenvalue weighted by atomic mass is 35.5. The number of piperidine rings is 1. The quantitative estimate of drug-likeness (QED) is 0.795. The van der Waals surface area contributed by atoms with Crippen LogP contribution in [0.4, 0.5) is 0 Å². The average Bonchev–Trinajstić information content (AvgIpc) is 2.95. The van der Waals surface area contributed by atoms with Crippen molar-refractivity contribution in [3.63, 3.8) is 0 Å². The van der Waals surface area contributed by atoms with Crippen LogP contribution in [0.2, 0.25) is 10.0 Å². The first kappa shape index (κ1) is 18.8. The summed E-state index contributed by atoms with van der Waals surface area (Å²) in [6, 6.07) is 9.68. The highest BCUT2D eigenvalue weighted by molar-refractivity contribution is 7.91. The van der Waals surface area contributed by atoms with E-state index < -0.39 is 9.84 Å². The van der Waals surface area contributed by atoms with Gasteiger partial charge < -0.3 is 10.1 Å². The zero-order valence-electron chi connectivity index (χ0n) is 13.0. The molecule has 0 spiro atoms. The van der Waals surface area contributed by atoms with E-state index in [-0.39, 0.29) is 38.3 Å². The van der Waals surface area contributed by atoms with Crippen LogP contribution in [0.25, 0.3) is 0 Å². The molecule has 1 saturated heterocycles. The number of benzene rings is 2. The first-order valence-corrected chi connectivity index (χ1v) is 9.93. The highest BCUT2D eigenvalue weighted by Gasteiger charge is 2.37. The number of nitrogens with one attached hydrogen (secondary N) is 1. The Bertz CT molecular complexity index is 917. The molecular formula is C17H16Cl3NO3S. The minimum absolute atomic E-state index is 0. The van der Waals surface area contributed by atoms with E-state index in [9.17, 15) is 8.42 Å². The predicted octanol–water partition coefficient (Wildman–Crippen LogP) is 4.09. The third-order valence-corrected chi connectivity index (χ3v) is 7.33. The third kappa shape index (κ3) is 3.13. The van der Waals surface area contributed by atoms with Crippen molar-refractivity contribution < 1.29 is 13.2 Å². The van der Waals surface area contributed by atoms with E-state index in [1.165, 1.54) is 6.07 Å². The second-order valence-electron chi connectivity index (χ2n) is 6.01. The minimum Gasteiger partial charge on any atom is -0.488 e. The van der Waals surface area contributed by atoms with E-state index in [4.69, 9.17) is 27.9 Å². The number of hydrogen-bond acceptors (Lipinski definition) is 4. The lowest BCUT2D eigenvalue weighted by atomic mass is 9.90. The van der Waals surface area contributed by atoms with Gasteiger partial charge in [-0.15, -0.1) is 12.4 Å². The summed E-state index contributed by atoms with van der Waals surface area (Å²) in [6.45, 7) is 1.73. The Kier molecular flexibility index (Phi) is 5.24. The normalized spacial score (nSPS) is 21.7. The lowest BCUT2D eigenvalue weighted by Gasteiger charge is -2.24. The van der Waals surface area contributed by atoms with Crippen molar-refractivity contribution in [1.82, 2.24) is 5.32 Å². The number of hydrogen-bond donors (Lipinski definition) is 1. The minimum atomic E-state index is -3.76. The molecule has 2 aliphatic heterocycles. The van der Waals surface area contributed by atoms with Gasteiger partial charge in [-0.25, -0.2) is 8.42 Å². The van der Waals surface area contributed by atoms with Gasteiger partial charge >= 0.3 is 0 Å².